The second kappa shape index (κ2) is 10.5. The molecule has 190 valence electrons. The third-order valence-corrected chi connectivity index (χ3v) is 9.37. The molecular formula is C24H24ClN3O6S2. The van der Waals surface area contributed by atoms with E-state index in [1.165, 1.54) is 53.9 Å². The largest absolute Gasteiger partial charge is 0.495 e. The predicted molar refractivity (Wildman–Crippen MR) is 138 cm³/mol. The number of nitrogens with one attached hydrogen (secondary N) is 2. The van der Waals surface area contributed by atoms with Crippen LogP contribution in [-0.4, -0.2) is 47.2 Å². The molecule has 1 heterocycles. The molecule has 12 heteroatoms. The van der Waals surface area contributed by atoms with Crippen LogP contribution in [0.5, 0.6) is 5.75 Å². The van der Waals surface area contributed by atoms with Gasteiger partial charge < -0.3 is 10.1 Å². The Balaban J connectivity index is 1.56. The molecule has 0 spiro atoms. The topological polar surface area (TPSA) is 122 Å². The molecule has 0 atom stereocenters. The minimum Gasteiger partial charge on any atom is -0.495 e. The van der Waals surface area contributed by atoms with Crippen molar-refractivity contribution in [3.63, 3.8) is 0 Å². The van der Waals surface area contributed by atoms with Gasteiger partial charge in [-0.05, 0) is 61.4 Å². The van der Waals surface area contributed by atoms with E-state index in [0.29, 0.717) is 18.8 Å². The number of halogens is 1. The maximum atomic E-state index is 13.0. The van der Waals surface area contributed by atoms with E-state index < -0.39 is 26.0 Å². The predicted octanol–water partition coefficient (Wildman–Crippen LogP) is 4.19. The smallest absolute Gasteiger partial charge is 0.262 e. The quantitative estimate of drug-likeness (QED) is 0.434. The van der Waals surface area contributed by atoms with Gasteiger partial charge in [0, 0.05) is 24.3 Å². The van der Waals surface area contributed by atoms with Crippen molar-refractivity contribution in [3.8, 4) is 5.75 Å². The summed E-state index contributed by atoms with van der Waals surface area (Å²) in [5.74, 6) is -0.260. The Kier molecular flexibility index (Phi) is 7.55. The minimum absolute atomic E-state index is 0.0222. The van der Waals surface area contributed by atoms with Gasteiger partial charge in [0.2, 0.25) is 10.0 Å². The Hall–Kier alpha value is -3.12. The molecule has 0 aliphatic carbocycles. The summed E-state index contributed by atoms with van der Waals surface area (Å²) in [7, 11) is -6.40. The highest BCUT2D eigenvalue weighted by Crippen LogP contribution is 2.29. The molecule has 1 saturated heterocycles. The number of nitrogens with zero attached hydrogens (tertiary/aromatic N) is 1. The Morgan fingerprint density at radius 3 is 2.39 bits per heavy atom. The van der Waals surface area contributed by atoms with E-state index in [1.54, 1.807) is 24.3 Å². The van der Waals surface area contributed by atoms with Gasteiger partial charge in [0.1, 0.15) is 10.6 Å². The van der Waals surface area contributed by atoms with E-state index in [0.717, 1.165) is 12.8 Å². The Bertz CT molecular complexity index is 1500. The molecule has 1 aliphatic rings. The van der Waals surface area contributed by atoms with Crippen LogP contribution in [0.3, 0.4) is 0 Å². The van der Waals surface area contributed by atoms with Crippen molar-refractivity contribution >= 4 is 48.9 Å². The highest BCUT2D eigenvalue weighted by atomic mass is 35.5. The monoisotopic (exact) mass is 549 g/mol. The van der Waals surface area contributed by atoms with E-state index >= 15 is 0 Å². The Morgan fingerprint density at radius 2 is 1.67 bits per heavy atom. The van der Waals surface area contributed by atoms with Crippen molar-refractivity contribution in [1.82, 2.24) is 4.31 Å². The number of sulfonamides is 2. The number of amides is 1. The van der Waals surface area contributed by atoms with E-state index in [4.69, 9.17) is 16.3 Å². The molecule has 3 aromatic carbocycles. The van der Waals surface area contributed by atoms with E-state index in [9.17, 15) is 21.6 Å². The maximum Gasteiger partial charge on any atom is 0.262 e. The van der Waals surface area contributed by atoms with Crippen molar-refractivity contribution in [2.24, 2.45) is 0 Å². The molecule has 3 aromatic rings. The molecule has 1 fully saturated rings. The van der Waals surface area contributed by atoms with Gasteiger partial charge in [0.25, 0.3) is 15.9 Å². The van der Waals surface area contributed by atoms with Crippen molar-refractivity contribution < 1.29 is 26.4 Å². The first kappa shape index (κ1) is 26.0. The van der Waals surface area contributed by atoms with Gasteiger partial charge >= 0.3 is 0 Å². The second-order valence-corrected chi connectivity index (χ2v) is 12.0. The summed E-state index contributed by atoms with van der Waals surface area (Å²) in [6, 6.07) is 16.3. The summed E-state index contributed by atoms with van der Waals surface area (Å²) >= 11 is 6.16. The average molecular weight is 550 g/mol. The fraction of sp³-hybridized carbons (Fsp3) is 0.208. The molecular weight excluding hydrogens is 526 g/mol. The van der Waals surface area contributed by atoms with E-state index in [1.807, 2.05) is 0 Å². The number of methoxy groups -OCH3 is 1. The first-order valence-electron chi connectivity index (χ1n) is 11.0. The summed E-state index contributed by atoms with van der Waals surface area (Å²) in [6.45, 7) is 0.804. The fourth-order valence-electron chi connectivity index (χ4n) is 3.79. The van der Waals surface area contributed by atoms with Gasteiger partial charge in [-0.3, -0.25) is 9.52 Å². The van der Waals surface area contributed by atoms with E-state index in [-0.39, 0.29) is 31.8 Å². The molecule has 36 heavy (non-hydrogen) atoms. The SMILES string of the molecule is COc1ccccc1NS(=O)(=O)c1cccc(NC(=O)c2ccc(Cl)c(S(=O)(=O)N3CCCC3)c2)c1. The van der Waals surface area contributed by atoms with Crippen LogP contribution in [-0.2, 0) is 20.0 Å². The third kappa shape index (κ3) is 5.49. The molecule has 1 amide bonds. The number of hydrogen-bond donors (Lipinski definition) is 2. The highest BCUT2D eigenvalue weighted by molar-refractivity contribution is 7.92. The van der Waals surface area contributed by atoms with Gasteiger partial charge in [-0.1, -0.05) is 29.8 Å². The minimum atomic E-state index is -3.99. The van der Waals surface area contributed by atoms with Crippen LogP contribution in [0.4, 0.5) is 11.4 Å². The summed E-state index contributed by atoms with van der Waals surface area (Å²) in [5.41, 5.74) is 0.543. The zero-order valence-electron chi connectivity index (χ0n) is 19.3. The number of rotatable bonds is 8. The summed E-state index contributed by atoms with van der Waals surface area (Å²) < 4.78 is 60.8. The van der Waals surface area contributed by atoms with Gasteiger partial charge in [0.15, 0.2) is 0 Å². The van der Waals surface area contributed by atoms with Crippen LogP contribution >= 0.6 is 11.6 Å². The third-order valence-electron chi connectivity index (χ3n) is 5.63. The second-order valence-electron chi connectivity index (χ2n) is 8.04. The van der Waals surface area contributed by atoms with Crippen LogP contribution in [0.2, 0.25) is 5.02 Å². The molecule has 4 rings (SSSR count). The Labute approximate surface area is 215 Å². The van der Waals surface area contributed by atoms with E-state index in [2.05, 4.69) is 10.0 Å². The molecule has 0 aromatic heterocycles. The number of anilines is 2. The molecule has 9 nitrogen and oxygen atoms in total. The number of carbonyl (C=O) groups is 1. The van der Waals surface area contributed by atoms with Crippen molar-refractivity contribution in [2.45, 2.75) is 22.6 Å². The standard InChI is InChI=1S/C24H24ClN3O6S2/c1-34-22-10-3-2-9-21(22)27-35(30,31)19-8-6-7-18(16-19)26-24(29)17-11-12-20(25)23(15-17)36(32,33)28-13-4-5-14-28/h2-3,6-12,15-16,27H,4-5,13-14H2,1H3,(H,26,29). The van der Waals surface area contributed by atoms with Crippen molar-refractivity contribution in [1.29, 1.82) is 0 Å². The molecule has 0 radical (unpaired) electrons. The van der Waals surface area contributed by atoms with Crippen LogP contribution in [0.15, 0.2) is 76.5 Å². The summed E-state index contributed by atoms with van der Waals surface area (Å²) in [6.07, 6.45) is 1.53. The van der Waals surface area contributed by atoms with Crippen LogP contribution in [0, 0.1) is 0 Å². The van der Waals surface area contributed by atoms with Gasteiger partial charge in [-0.25, -0.2) is 16.8 Å². The lowest BCUT2D eigenvalue weighted by atomic mass is 10.2. The normalized spacial score (nSPS) is 14.4. The molecule has 0 unspecified atom stereocenters. The van der Waals surface area contributed by atoms with Crippen LogP contribution in [0.1, 0.15) is 23.2 Å². The molecule has 2 N–H and O–H groups in total. The fourth-order valence-corrected chi connectivity index (χ4v) is 6.92. The molecule has 1 aliphatic heterocycles. The van der Waals surface area contributed by atoms with Crippen molar-refractivity contribution in [3.05, 3.63) is 77.3 Å². The molecule has 0 saturated carbocycles. The average Bonchev–Trinajstić information content (AvgIpc) is 3.41. The highest BCUT2D eigenvalue weighted by Gasteiger charge is 2.30. The van der Waals surface area contributed by atoms with Gasteiger partial charge in [0.05, 0.1) is 22.7 Å². The van der Waals surface area contributed by atoms with Gasteiger partial charge in [-0.15, -0.1) is 0 Å². The zero-order valence-corrected chi connectivity index (χ0v) is 21.7. The van der Waals surface area contributed by atoms with Crippen LogP contribution < -0.4 is 14.8 Å². The maximum absolute atomic E-state index is 13.0. The van der Waals surface area contributed by atoms with Crippen molar-refractivity contribution in [2.75, 3.05) is 30.2 Å². The lowest BCUT2D eigenvalue weighted by molar-refractivity contribution is 0.102. The van der Waals surface area contributed by atoms with Crippen LogP contribution in [0.25, 0.3) is 0 Å². The number of carbonyl (C=O) groups excluding carboxylic acids is 1. The number of benzene rings is 3. The number of hydrogen-bond acceptors (Lipinski definition) is 6. The first-order chi connectivity index (χ1) is 17.1. The molecule has 0 bridgehead atoms. The lowest BCUT2D eigenvalue weighted by Gasteiger charge is -2.17. The number of para-hydroxylation sites is 2. The summed E-state index contributed by atoms with van der Waals surface area (Å²) in [5, 5.41) is 2.64. The number of ether oxygens (including phenoxy) is 1. The van der Waals surface area contributed by atoms with Gasteiger partial charge in [-0.2, -0.15) is 4.31 Å². The Morgan fingerprint density at radius 1 is 0.944 bits per heavy atom. The lowest BCUT2D eigenvalue weighted by Crippen LogP contribution is -2.28. The zero-order chi connectivity index (χ0) is 25.9. The first-order valence-corrected chi connectivity index (χ1v) is 14.3. The summed E-state index contributed by atoms with van der Waals surface area (Å²) in [4.78, 5) is 12.7.